The summed E-state index contributed by atoms with van der Waals surface area (Å²) in [5.41, 5.74) is 1.16. The highest BCUT2D eigenvalue weighted by molar-refractivity contribution is 7.14. The van der Waals surface area contributed by atoms with E-state index in [1.807, 2.05) is 41.8 Å². The Morgan fingerprint density at radius 3 is 2.48 bits per heavy atom. The van der Waals surface area contributed by atoms with Gasteiger partial charge in [-0.1, -0.05) is 23.4 Å². The zero-order valence-corrected chi connectivity index (χ0v) is 15.2. The number of aromatic nitrogens is 2. The van der Waals surface area contributed by atoms with Crippen molar-refractivity contribution in [2.45, 2.75) is 6.92 Å². The molecular formula is C20H15N3O3S. The quantitative estimate of drug-likeness (QED) is 0.520. The number of carbonyl (C=O) groups excluding carboxylic acids is 1. The number of para-hydroxylation sites is 1. The van der Waals surface area contributed by atoms with Crippen molar-refractivity contribution in [3.05, 3.63) is 77.4 Å². The van der Waals surface area contributed by atoms with Crippen LogP contribution >= 0.6 is 11.3 Å². The molecule has 1 amide bonds. The monoisotopic (exact) mass is 377 g/mol. The third-order valence-corrected chi connectivity index (χ3v) is 4.63. The molecule has 0 radical (unpaired) electrons. The lowest BCUT2D eigenvalue weighted by atomic mass is 10.2. The van der Waals surface area contributed by atoms with Gasteiger partial charge in [-0.25, -0.2) is 0 Å². The molecule has 27 heavy (non-hydrogen) atoms. The summed E-state index contributed by atoms with van der Waals surface area (Å²) in [5.74, 6) is 2.12. The Hall–Kier alpha value is -3.45. The molecule has 0 aliphatic carbocycles. The molecule has 0 aliphatic rings. The van der Waals surface area contributed by atoms with Crippen LogP contribution in [0.4, 0.5) is 5.69 Å². The Morgan fingerprint density at radius 1 is 1.04 bits per heavy atom. The van der Waals surface area contributed by atoms with Crippen LogP contribution < -0.4 is 10.1 Å². The van der Waals surface area contributed by atoms with Gasteiger partial charge in [0.05, 0.1) is 5.69 Å². The van der Waals surface area contributed by atoms with E-state index in [4.69, 9.17) is 9.26 Å². The van der Waals surface area contributed by atoms with E-state index in [1.165, 1.54) is 11.3 Å². The highest BCUT2D eigenvalue weighted by Crippen LogP contribution is 2.33. The number of ether oxygens (including phenoxy) is 1. The summed E-state index contributed by atoms with van der Waals surface area (Å²) >= 11 is 1.43. The molecule has 6 nitrogen and oxygen atoms in total. The van der Waals surface area contributed by atoms with E-state index < -0.39 is 0 Å². The molecule has 2 aromatic carbocycles. The second kappa shape index (κ2) is 7.43. The summed E-state index contributed by atoms with van der Waals surface area (Å²) in [4.78, 5) is 17.5. The van der Waals surface area contributed by atoms with Crippen molar-refractivity contribution in [3.8, 4) is 22.3 Å². The van der Waals surface area contributed by atoms with E-state index in [0.29, 0.717) is 28.7 Å². The molecule has 2 heterocycles. The van der Waals surface area contributed by atoms with E-state index in [9.17, 15) is 4.79 Å². The van der Waals surface area contributed by atoms with Crippen LogP contribution in [-0.4, -0.2) is 16.0 Å². The Balaban J connectivity index is 1.47. The first kappa shape index (κ1) is 17.0. The van der Waals surface area contributed by atoms with Gasteiger partial charge in [-0.15, -0.1) is 11.3 Å². The zero-order valence-electron chi connectivity index (χ0n) is 14.4. The Kier molecular flexibility index (Phi) is 4.67. The number of benzene rings is 2. The highest BCUT2D eigenvalue weighted by Gasteiger charge is 2.16. The van der Waals surface area contributed by atoms with Gasteiger partial charge in [-0.3, -0.25) is 4.79 Å². The van der Waals surface area contributed by atoms with Crippen molar-refractivity contribution >= 4 is 22.9 Å². The number of hydrogen-bond acceptors (Lipinski definition) is 6. The summed E-state index contributed by atoms with van der Waals surface area (Å²) in [6.45, 7) is 1.75. The molecule has 1 N–H and O–H groups in total. The standard InChI is InChI=1S/C20H15N3O3S/c1-13-21-20(26-23-13)18-17(11-12-27-18)22-19(24)14-7-9-16(10-8-14)25-15-5-3-2-4-6-15/h2-12H,1H3,(H,22,24). The predicted molar refractivity (Wildman–Crippen MR) is 103 cm³/mol. The molecule has 0 spiro atoms. The normalized spacial score (nSPS) is 10.6. The van der Waals surface area contributed by atoms with Crippen molar-refractivity contribution in [2.24, 2.45) is 0 Å². The molecule has 0 unspecified atom stereocenters. The van der Waals surface area contributed by atoms with Gasteiger partial charge >= 0.3 is 0 Å². The molecule has 0 bridgehead atoms. The van der Waals surface area contributed by atoms with Crippen LogP contribution in [0.3, 0.4) is 0 Å². The lowest BCUT2D eigenvalue weighted by Gasteiger charge is -2.07. The van der Waals surface area contributed by atoms with Crippen LogP contribution in [0, 0.1) is 6.92 Å². The second-order valence-electron chi connectivity index (χ2n) is 5.70. The fourth-order valence-electron chi connectivity index (χ4n) is 2.46. The Morgan fingerprint density at radius 2 is 1.78 bits per heavy atom. The van der Waals surface area contributed by atoms with Gasteiger partial charge in [-0.05, 0) is 54.8 Å². The minimum atomic E-state index is -0.225. The second-order valence-corrected chi connectivity index (χ2v) is 6.62. The number of nitrogens with zero attached hydrogens (tertiary/aromatic N) is 2. The SMILES string of the molecule is Cc1noc(-c2sccc2NC(=O)c2ccc(Oc3ccccc3)cc2)n1. The summed E-state index contributed by atoms with van der Waals surface area (Å²) in [6, 6.07) is 18.2. The van der Waals surface area contributed by atoms with E-state index in [-0.39, 0.29) is 5.91 Å². The number of rotatable bonds is 5. The summed E-state index contributed by atoms with van der Waals surface area (Å²) < 4.78 is 10.9. The first-order chi connectivity index (χ1) is 13.2. The smallest absolute Gasteiger partial charge is 0.270 e. The highest BCUT2D eigenvalue weighted by atomic mass is 32.1. The number of nitrogens with one attached hydrogen (secondary N) is 1. The number of thiophene rings is 1. The number of hydrogen-bond donors (Lipinski definition) is 1. The van der Waals surface area contributed by atoms with Crippen LogP contribution in [0.15, 0.2) is 70.6 Å². The van der Waals surface area contributed by atoms with Crippen LogP contribution in [0.2, 0.25) is 0 Å². The van der Waals surface area contributed by atoms with Gasteiger partial charge in [0.2, 0.25) is 0 Å². The van der Waals surface area contributed by atoms with Gasteiger partial charge in [0.15, 0.2) is 5.82 Å². The summed E-state index contributed by atoms with van der Waals surface area (Å²) in [5, 5.41) is 8.54. The largest absolute Gasteiger partial charge is 0.457 e. The van der Waals surface area contributed by atoms with Gasteiger partial charge in [0, 0.05) is 5.56 Å². The van der Waals surface area contributed by atoms with Crippen molar-refractivity contribution in [1.29, 1.82) is 0 Å². The molecule has 4 aromatic rings. The molecule has 0 fully saturated rings. The van der Waals surface area contributed by atoms with E-state index in [1.54, 1.807) is 31.2 Å². The number of amides is 1. The average Bonchev–Trinajstić information content (AvgIpc) is 3.32. The number of anilines is 1. The van der Waals surface area contributed by atoms with Crippen LogP contribution in [0.1, 0.15) is 16.2 Å². The number of carbonyl (C=O) groups is 1. The summed E-state index contributed by atoms with van der Waals surface area (Å²) in [6.07, 6.45) is 0. The van der Waals surface area contributed by atoms with Crippen molar-refractivity contribution < 1.29 is 14.1 Å². The predicted octanol–water partition coefficient (Wildman–Crippen LogP) is 5.15. The van der Waals surface area contributed by atoms with Gasteiger partial charge in [0.1, 0.15) is 16.4 Å². The van der Waals surface area contributed by atoms with Crippen molar-refractivity contribution in [3.63, 3.8) is 0 Å². The van der Waals surface area contributed by atoms with E-state index in [0.717, 1.165) is 10.6 Å². The molecule has 2 aromatic heterocycles. The molecule has 7 heteroatoms. The molecular weight excluding hydrogens is 362 g/mol. The van der Waals surface area contributed by atoms with Crippen LogP contribution in [0.25, 0.3) is 10.8 Å². The fourth-order valence-corrected chi connectivity index (χ4v) is 3.23. The maximum absolute atomic E-state index is 12.6. The maximum atomic E-state index is 12.6. The minimum absolute atomic E-state index is 0.225. The van der Waals surface area contributed by atoms with Crippen molar-refractivity contribution in [1.82, 2.24) is 10.1 Å². The Labute approximate surface area is 159 Å². The Bertz CT molecular complexity index is 1060. The lowest BCUT2D eigenvalue weighted by Crippen LogP contribution is -2.11. The minimum Gasteiger partial charge on any atom is -0.457 e. The van der Waals surface area contributed by atoms with E-state index in [2.05, 4.69) is 15.5 Å². The molecule has 0 aliphatic heterocycles. The summed E-state index contributed by atoms with van der Waals surface area (Å²) in [7, 11) is 0. The van der Waals surface area contributed by atoms with Gasteiger partial charge < -0.3 is 14.6 Å². The topological polar surface area (TPSA) is 77.2 Å². The molecule has 0 saturated heterocycles. The lowest BCUT2D eigenvalue weighted by molar-refractivity contribution is 0.102. The molecule has 0 atom stereocenters. The number of aryl methyl sites for hydroxylation is 1. The fraction of sp³-hybridized carbons (Fsp3) is 0.0500. The maximum Gasteiger partial charge on any atom is 0.270 e. The van der Waals surface area contributed by atoms with Gasteiger partial charge in [-0.2, -0.15) is 4.98 Å². The first-order valence-electron chi connectivity index (χ1n) is 8.21. The third kappa shape index (κ3) is 3.88. The first-order valence-corrected chi connectivity index (χ1v) is 9.09. The molecule has 134 valence electrons. The van der Waals surface area contributed by atoms with Crippen molar-refractivity contribution in [2.75, 3.05) is 5.32 Å². The van der Waals surface area contributed by atoms with E-state index >= 15 is 0 Å². The average molecular weight is 377 g/mol. The van der Waals surface area contributed by atoms with Gasteiger partial charge in [0.25, 0.3) is 11.8 Å². The zero-order chi connectivity index (χ0) is 18.6. The molecule has 4 rings (SSSR count). The van der Waals surface area contributed by atoms with Crippen LogP contribution in [-0.2, 0) is 0 Å². The third-order valence-electron chi connectivity index (χ3n) is 3.73. The van der Waals surface area contributed by atoms with Crippen LogP contribution in [0.5, 0.6) is 11.5 Å². The molecule has 0 saturated carbocycles.